The van der Waals surface area contributed by atoms with Gasteiger partial charge in [-0.1, -0.05) is 12.1 Å². The Morgan fingerprint density at radius 1 is 1.25 bits per heavy atom. The number of aromatic nitrogens is 4. The predicted octanol–water partition coefficient (Wildman–Crippen LogP) is 2.28. The average molecular weight is 269 g/mol. The number of aromatic amines is 1. The maximum atomic E-state index is 5.21. The maximum Gasteiger partial charge on any atom is 0.158 e. The van der Waals surface area contributed by atoms with Crippen LogP contribution in [0, 0.1) is 6.92 Å². The Morgan fingerprint density at radius 3 is 3.00 bits per heavy atom. The molecule has 0 amide bonds. The lowest BCUT2D eigenvalue weighted by molar-refractivity contribution is 0.414. The minimum Gasteiger partial charge on any atom is -0.497 e. The standard InChI is InChI=1S/C14H15N5O/c1-9-12-13(19-18-9)14(17-8-16-12)15-7-10-4-3-5-11(6-10)20-2/h3-6,8H,7H2,1-2H3,(H,18,19)(H,15,16,17). The number of aryl methyl sites for hydroxylation is 1. The highest BCUT2D eigenvalue weighted by Crippen LogP contribution is 2.20. The van der Waals surface area contributed by atoms with Gasteiger partial charge in [-0.15, -0.1) is 0 Å². The molecule has 0 bridgehead atoms. The molecule has 0 unspecified atom stereocenters. The van der Waals surface area contributed by atoms with E-state index in [-0.39, 0.29) is 0 Å². The summed E-state index contributed by atoms with van der Waals surface area (Å²) in [6.07, 6.45) is 1.54. The molecule has 0 atom stereocenters. The smallest absolute Gasteiger partial charge is 0.158 e. The van der Waals surface area contributed by atoms with Crippen molar-refractivity contribution in [3.63, 3.8) is 0 Å². The van der Waals surface area contributed by atoms with Crippen molar-refractivity contribution in [1.82, 2.24) is 20.2 Å². The molecule has 6 nitrogen and oxygen atoms in total. The second-order valence-corrected chi connectivity index (χ2v) is 4.47. The first-order valence-corrected chi connectivity index (χ1v) is 6.30. The van der Waals surface area contributed by atoms with Gasteiger partial charge < -0.3 is 10.1 Å². The molecule has 0 spiro atoms. The third kappa shape index (κ3) is 2.27. The van der Waals surface area contributed by atoms with E-state index in [0.29, 0.717) is 6.54 Å². The summed E-state index contributed by atoms with van der Waals surface area (Å²) in [7, 11) is 1.66. The number of hydrogen-bond donors (Lipinski definition) is 2. The largest absolute Gasteiger partial charge is 0.497 e. The number of rotatable bonds is 4. The highest BCUT2D eigenvalue weighted by Gasteiger charge is 2.08. The Balaban J connectivity index is 1.83. The van der Waals surface area contributed by atoms with E-state index in [4.69, 9.17) is 4.74 Å². The monoisotopic (exact) mass is 269 g/mol. The number of nitrogens with one attached hydrogen (secondary N) is 2. The molecule has 2 heterocycles. The molecule has 6 heteroatoms. The quantitative estimate of drug-likeness (QED) is 0.760. The van der Waals surface area contributed by atoms with E-state index in [1.54, 1.807) is 13.4 Å². The highest BCUT2D eigenvalue weighted by atomic mass is 16.5. The van der Waals surface area contributed by atoms with Crippen molar-refractivity contribution in [2.24, 2.45) is 0 Å². The van der Waals surface area contributed by atoms with Gasteiger partial charge in [-0.2, -0.15) is 5.10 Å². The molecular weight excluding hydrogens is 254 g/mol. The van der Waals surface area contributed by atoms with Crippen molar-refractivity contribution in [2.75, 3.05) is 12.4 Å². The molecule has 20 heavy (non-hydrogen) atoms. The van der Waals surface area contributed by atoms with Gasteiger partial charge >= 0.3 is 0 Å². The molecule has 0 fully saturated rings. The predicted molar refractivity (Wildman–Crippen MR) is 76.7 cm³/mol. The van der Waals surface area contributed by atoms with Crippen LogP contribution in [0.4, 0.5) is 5.82 Å². The van der Waals surface area contributed by atoms with Gasteiger partial charge in [-0.3, -0.25) is 5.10 Å². The first-order valence-electron chi connectivity index (χ1n) is 6.30. The Labute approximate surface area is 116 Å². The Hall–Kier alpha value is -2.63. The van der Waals surface area contributed by atoms with Gasteiger partial charge in [-0.25, -0.2) is 9.97 Å². The van der Waals surface area contributed by atoms with E-state index >= 15 is 0 Å². The van der Waals surface area contributed by atoms with Crippen molar-refractivity contribution in [1.29, 1.82) is 0 Å². The van der Waals surface area contributed by atoms with Gasteiger partial charge in [0.2, 0.25) is 0 Å². The van der Waals surface area contributed by atoms with Crippen molar-refractivity contribution >= 4 is 16.9 Å². The van der Waals surface area contributed by atoms with Gasteiger partial charge in [-0.05, 0) is 24.6 Å². The van der Waals surface area contributed by atoms with Crippen molar-refractivity contribution in [3.8, 4) is 5.75 Å². The van der Waals surface area contributed by atoms with E-state index in [1.807, 2.05) is 31.2 Å². The van der Waals surface area contributed by atoms with E-state index in [1.165, 1.54) is 0 Å². The third-order valence-electron chi connectivity index (χ3n) is 3.11. The van der Waals surface area contributed by atoms with Crippen LogP contribution < -0.4 is 10.1 Å². The summed E-state index contributed by atoms with van der Waals surface area (Å²) in [6, 6.07) is 7.90. The van der Waals surface area contributed by atoms with E-state index in [0.717, 1.165) is 33.9 Å². The Morgan fingerprint density at radius 2 is 2.15 bits per heavy atom. The van der Waals surface area contributed by atoms with Crippen LogP contribution in [-0.4, -0.2) is 27.3 Å². The molecular formula is C14H15N5O. The second-order valence-electron chi connectivity index (χ2n) is 4.47. The molecule has 3 rings (SSSR count). The van der Waals surface area contributed by atoms with Crippen molar-refractivity contribution in [3.05, 3.63) is 41.9 Å². The van der Waals surface area contributed by atoms with Crippen LogP contribution in [0.3, 0.4) is 0 Å². The summed E-state index contributed by atoms with van der Waals surface area (Å²) < 4.78 is 5.21. The summed E-state index contributed by atoms with van der Waals surface area (Å²) in [5.74, 6) is 1.56. The molecule has 1 aromatic carbocycles. The highest BCUT2D eigenvalue weighted by molar-refractivity contribution is 5.86. The zero-order valence-corrected chi connectivity index (χ0v) is 11.3. The number of fused-ring (bicyclic) bond motifs is 1. The zero-order valence-electron chi connectivity index (χ0n) is 11.3. The summed E-state index contributed by atoms with van der Waals surface area (Å²) in [6.45, 7) is 2.59. The molecule has 0 radical (unpaired) electrons. The van der Waals surface area contributed by atoms with Gasteiger partial charge in [0, 0.05) is 6.54 Å². The van der Waals surface area contributed by atoms with E-state index in [9.17, 15) is 0 Å². The fourth-order valence-corrected chi connectivity index (χ4v) is 2.05. The maximum absolute atomic E-state index is 5.21. The molecule has 2 N–H and O–H groups in total. The summed E-state index contributed by atoms with van der Waals surface area (Å²) >= 11 is 0. The third-order valence-corrected chi connectivity index (χ3v) is 3.11. The lowest BCUT2D eigenvalue weighted by Gasteiger charge is -2.07. The van der Waals surface area contributed by atoms with Crippen molar-refractivity contribution in [2.45, 2.75) is 13.5 Å². The zero-order chi connectivity index (χ0) is 13.9. The summed E-state index contributed by atoms with van der Waals surface area (Å²) in [4.78, 5) is 8.46. The van der Waals surface area contributed by atoms with Crippen molar-refractivity contribution < 1.29 is 4.74 Å². The van der Waals surface area contributed by atoms with Crippen LogP contribution in [-0.2, 0) is 6.54 Å². The van der Waals surface area contributed by atoms with Crippen LogP contribution in [0.15, 0.2) is 30.6 Å². The first kappa shape index (κ1) is 12.4. The number of H-pyrrole nitrogens is 1. The molecule has 3 aromatic rings. The van der Waals surface area contributed by atoms with Crippen LogP contribution in [0.5, 0.6) is 5.75 Å². The topological polar surface area (TPSA) is 75.7 Å². The fourth-order valence-electron chi connectivity index (χ4n) is 2.05. The van der Waals surface area contributed by atoms with Crippen LogP contribution >= 0.6 is 0 Å². The fraction of sp³-hybridized carbons (Fsp3) is 0.214. The van der Waals surface area contributed by atoms with Gasteiger partial charge in [0.05, 0.1) is 12.8 Å². The van der Waals surface area contributed by atoms with Crippen LogP contribution in [0.2, 0.25) is 0 Å². The lowest BCUT2D eigenvalue weighted by atomic mass is 10.2. The number of methoxy groups -OCH3 is 1. The summed E-state index contributed by atoms with van der Waals surface area (Å²) in [5, 5.41) is 10.4. The molecule has 0 aliphatic heterocycles. The number of ether oxygens (including phenoxy) is 1. The first-order chi connectivity index (χ1) is 9.78. The minimum atomic E-state index is 0.648. The number of hydrogen-bond acceptors (Lipinski definition) is 5. The summed E-state index contributed by atoms with van der Waals surface area (Å²) in [5.41, 5.74) is 3.65. The molecule has 0 aliphatic carbocycles. The molecule has 0 saturated carbocycles. The Kier molecular flexibility index (Phi) is 3.20. The van der Waals surface area contributed by atoms with Crippen LogP contribution in [0.1, 0.15) is 11.3 Å². The van der Waals surface area contributed by atoms with E-state index in [2.05, 4.69) is 25.5 Å². The minimum absolute atomic E-state index is 0.648. The van der Waals surface area contributed by atoms with Crippen LogP contribution in [0.25, 0.3) is 11.0 Å². The molecule has 0 saturated heterocycles. The van der Waals surface area contributed by atoms with Gasteiger partial charge in [0.15, 0.2) is 11.3 Å². The number of anilines is 1. The molecule has 102 valence electrons. The number of benzene rings is 1. The lowest BCUT2D eigenvalue weighted by Crippen LogP contribution is -2.02. The molecule has 0 aliphatic rings. The normalized spacial score (nSPS) is 10.7. The van der Waals surface area contributed by atoms with Gasteiger partial charge in [0.1, 0.15) is 17.6 Å². The average Bonchev–Trinajstić information content (AvgIpc) is 2.88. The number of nitrogens with zero attached hydrogens (tertiary/aromatic N) is 3. The van der Waals surface area contributed by atoms with Gasteiger partial charge in [0.25, 0.3) is 0 Å². The Bertz CT molecular complexity index is 737. The van der Waals surface area contributed by atoms with E-state index < -0.39 is 0 Å². The SMILES string of the molecule is COc1cccc(CNc2ncnc3c(C)[nH]nc23)c1. The second kappa shape index (κ2) is 5.16. The molecule has 2 aromatic heterocycles.